The van der Waals surface area contributed by atoms with Crippen molar-refractivity contribution in [1.29, 1.82) is 0 Å². The summed E-state index contributed by atoms with van der Waals surface area (Å²) in [4.78, 5) is 33.8. The van der Waals surface area contributed by atoms with Crippen molar-refractivity contribution in [2.45, 2.75) is 26.3 Å². The smallest absolute Gasteiger partial charge is 0.269 e. The van der Waals surface area contributed by atoms with E-state index in [9.17, 15) is 14.9 Å². The lowest BCUT2D eigenvalue weighted by molar-refractivity contribution is -0.384. The number of guanidine groups is 1. The van der Waals surface area contributed by atoms with E-state index in [1.165, 1.54) is 12.1 Å². The number of likely N-dealkylation sites (tertiary alicyclic amines) is 1. The molecule has 2 fully saturated rings. The number of non-ortho nitro benzene ring substituents is 1. The van der Waals surface area contributed by atoms with Crippen molar-refractivity contribution < 1.29 is 9.72 Å². The first-order valence-electron chi connectivity index (χ1n) is 10.3. The van der Waals surface area contributed by atoms with Crippen LogP contribution in [-0.4, -0.2) is 83.8 Å². The van der Waals surface area contributed by atoms with Gasteiger partial charge in [0.1, 0.15) is 0 Å². The molecule has 0 spiro atoms. The lowest BCUT2D eigenvalue weighted by Crippen LogP contribution is -2.54. The van der Waals surface area contributed by atoms with Crippen molar-refractivity contribution in [1.82, 2.24) is 20.0 Å². The van der Waals surface area contributed by atoms with Gasteiger partial charge in [0, 0.05) is 57.9 Å². The van der Waals surface area contributed by atoms with Crippen LogP contribution < -0.4 is 5.32 Å². The second-order valence-electron chi connectivity index (χ2n) is 7.44. The third-order valence-electron chi connectivity index (χ3n) is 5.38. The molecule has 2 heterocycles. The van der Waals surface area contributed by atoms with E-state index in [1.807, 2.05) is 11.8 Å². The molecule has 1 amide bonds. The highest BCUT2D eigenvalue weighted by molar-refractivity contribution is 5.80. The van der Waals surface area contributed by atoms with Crippen LogP contribution in [0.3, 0.4) is 0 Å². The zero-order valence-corrected chi connectivity index (χ0v) is 17.0. The van der Waals surface area contributed by atoms with Gasteiger partial charge < -0.3 is 15.1 Å². The monoisotopic (exact) mass is 402 g/mol. The summed E-state index contributed by atoms with van der Waals surface area (Å²) in [7, 11) is 0. The van der Waals surface area contributed by atoms with Crippen LogP contribution in [-0.2, 0) is 11.3 Å². The second kappa shape index (κ2) is 10.2. The number of nitrogens with one attached hydrogen (secondary N) is 1. The molecule has 0 unspecified atom stereocenters. The van der Waals surface area contributed by atoms with Gasteiger partial charge in [-0.2, -0.15) is 0 Å². The molecule has 0 radical (unpaired) electrons. The summed E-state index contributed by atoms with van der Waals surface area (Å²) < 4.78 is 0. The summed E-state index contributed by atoms with van der Waals surface area (Å²) >= 11 is 0. The summed E-state index contributed by atoms with van der Waals surface area (Å²) in [6.45, 7) is 8.89. The zero-order valence-electron chi connectivity index (χ0n) is 17.0. The Morgan fingerprint density at radius 1 is 1.07 bits per heavy atom. The van der Waals surface area contributed by atoms with E-state index in [0.717, 1.165) is 70.2 Å². The molecule has 0 atom stereocenters. The molecule has 0 aromatic heterocycles. The number of piperazine rings is 1. The molecule has 158 valence electrons. The van der Waals surface area contributed by atoms with Crippen LogP contribution in [0.1, 0.15) is 25.3 Å². The quantitative estimate of drug-likeness (QED) is 0.334. The molecule has 9 heteroatoms. The molecular formula is C20H30N6O3. The van der Waals surface area contributed by atoms with E-state index in [0.29, 0.717) is 13.1 Å². The molecular weight excluding hydrogens is 372 g/mol. The molecule has 0 aliphatic carbocycles. The van der Waals surface area contributed by atoms with Crippen molar-refractivity contribution in [2.24, 2.45) is 4.99 Å². The van der Waals surface area contributed by atoms with Gasteiger partial charge in [0.05, 0.1) is 18.0 Å². The van der Waals surface area contributed by atoms with Crippen molar-refractivity contribution in [3.05, 3.63) is 39.9 Å². The van der Waals surface area contributed by atoms with Crippen LogP contribution in [0.5, 0.6) is 0 Å². The molecule has 0 bridgehead atoms. The Bertz CT molecular complexity index is 722. The Hall–Kier alpha value is -2.68. The van der Waals surface area contributed by atoms with Crippen molar-refractivity contribution in [2.75, 3.05) is 52.4 Å². The first kappa shape index (κ1) is 21.0. The number of nitrogens with zero attached hydrogens (tertiary/aromatic N) is 5. The second-order valence-corrected chi connectivity index (χ2v) is 7.44. The summed E-state index contributed by atoms with van der Waals surface area (Å²) in [5.41, 5.74) is 1.02. The molecule has 2 saturated heterocycles. The van der Waals surface area contributed by atoms with E-state index in [1.54, 1.807) is 12.1 Å². The molecule has 0 saturated carbocycles. The van der Waals surface area contributed by atoms with E-state index < -0.39 is 4.92 Å². The number of nitro benzene ring substituents is 1. The first-order valence-corrected chi connectivity index (χ1v) is 10.3. The molecule has 2 aliphatic rings. The van der Waals surface area contributed by atoms with Gasteiger partial charge in [-0.3, -0.25) is 19.8 Å². The summed E-state index contributed by atoms with van der Waals surface area (Å²) in [6, 6.07) is 6.50. The Kier molecular flexibility index (Phi) is 7.40. The average Bonchev–Trinajstić information content (AvgIpc) is 3.27. The Labute approximate surface area is 171 Å². The fourth-order valence-electron chi connectivity index (χ4n) is 3.69. The molecule has 1 aromatic rings. The van der Waals surface area contributed by atoms with Crippen molar-refractivity contribution in [3.8, 4) is 0 Å². The Balaban J connectivity index is 1.52. The van der Waals surface area contributed by atoms with Crippen LogP contribution in [0.4, 0.5) is 5.69 Å². The minimum absolute atomic E-state index is 0.0873. The Morgan fingerprint density at radius 2 is 1.72 bits per heavy atom. The molecule has 3 rings (SSSR count). The predicted molar refractivity (Wildman–Crippen MR) is 112 cm³/mol. The number of amides is 1. The van der Waals surface area contributed by atoms with E-state index in [4.69, 9.17) is 4.99 Å². The van der Waals surface area contributed by atoms with E-state index in [2.05, 4.69) is 15.1 Å². The molecule has 29 heavy (non-hydrogen) atoms. The molecule has 1 N–H and O–H groups in total. The van der Waals surface area contributed by atoms with Crippen LogP contribution in [0.2, 0.25) is 0 Å². The fourth-order valence-corrected chi connectivity index (χ4v) is 3.69. The number of carbonyl (C=O) groups is 1. The van der Waals surface area contributed by atoms with Crippen molar-refractivity contribution in [3.63, 3.8) is 0 Å². The van der Waals surface area contributed by atoms with Crippen LogP contribution >= 0.6 is 0 Å². The maximum Gasteiger partial charge on any atom is 0.269 e. The number of nitro groups is 1. The normalized spacial score (nSPS) is 18.2. The number of carbonyl (C=O) groups excluding carboxylic acids is 1. The van der Waals surface area contributed by atoms with Crippen LogP contribution in [0, 0.1) is 10.1 Å². The first-order chi connectivity index (χ1) is 14.1. The van der Waals surface area contributed by atoms with Gasteiger partial charge in [0.2, 0.25) is 5.91 Å². The molecule has 2 aliphatic heterocycles. The highest BCUT2D eigenvalue weighted by Crippen LogP contribution is 2.13. The van der Waals surface area contributed by atoms with Gasteiger partial charge in [0.25, 0.3) is 5.69 Å². The Morgan fingerprint density at radius 3 is 2.31 bits per heavy atom. The molecule has 9 nitrogen and oxygen atoms in total. The number of hydrogen-bond acceptors (Lipinski definition) is 5. The summed E-state index contributed by atoms with van der Waals surface area (Å²) in [6.07, 6.45) is 2.24. The lowest BCUT2D eigenvalue weighted by atomic mass is 10.2. The lowest BCUT2D eigenvalue weighted by Gasteiger charge is -2.36. The highest BCUT2D eigenvalue weighted by atomic mass is 16.6. The number of benzene rings is 1. The summed E-state index contributed by atoms with van der Waals surface area (Å²) in [5.74, 6) is 1.09. The third-order valence-corrected chi connectivity index (χ3v) is 5.38. The topological polar surface area (TPSA) is 94.3 Å². The summed E-state index contributed by atoms with van der Waals surface area (Å²) in [5, 5.41) is 14.1. The average molecular weight is 402 g/mol. The minimum atomic E-state index is -0.398. The maximum absolute atomic E-state index is 12.3. The zero-order chi connectivity index (χ0) is 20.6. The maximum atomic E-state index is 12.3. The van der Waals surface area contributed by atoms with Crippen LogP contribution in [0.15, 0.2) is 29.3 Å². The highest BCUT2D eigenvalue weighted by Gasteiger charge is 2.24. The largest absolute Gasteiger partial charge is 0.357 e. The number of rotatable bonds is 6. The van der Waals surface area contributed by atoms with Gasteiger partial charge in [-0.05, 0) is 25.3 Å². The third kappa shape index (κ3) is 5.90. The van der Waals surface area contributed by atoms with Gasteiger partial charge in [-0.1, -0.05) is 12.1 Å². The van der Waals surface area contributed by atoms with Crippen molar-refractivity contribution >= 4 is 17.6 Å². The van der Waals surface area contributed by atoms with Gasteiger partial charge in [-0.15, -0.1) is 0 Å². The van der Waals surface area contributed by atoms with Gasteiger partial charge >= 0.3 is 0 Å². The minimum Gasteiger partial charge on any atom is -0.357 e. The SMILES string of the molecule is CCNC(=NCc1ccc([N+](=O)[O-])cc1)N1CCN(CC(=O)N2CCCC2)CC1. The standard InChI is InChI=1S/C20H30N6O3/c1-2-21-20(22-15-17-5-7-18(8-6-17)26(28)29)25-13-11-23(12-14-25)16-19(27)24-9-3-4-10-24/h5-8H,2-4,9-16H2,1H3,(H,21,22). The molecule has 1 aromatic carbocycles. The van der Waals surface area contributed by atoms with Gasteiger partial charge in [0.15, 0.2) is 5.96 Å². The van der Waals surface area contributed by atoms with Gasteiger partial charge in [-0.25, -0.2) is 4.99 Å². The van der Waals surface area contributed by atoms with E-state index >= 15 is 0 Å². The number of hydrogen-bond donors (Lipinski definition) is 1. The van der Waals surface area contributed by atoms with E-state index in [-0.39, 0.29) is 11.6 Å². The number of aliphatic imine (C=N–C) groups is 1. The fraction of sp³-hybridized carbons (Fsp3) is 0.600. The predicted octanol–water partition coefficient (Wildman–Crippen LogP) is 1.30. The van der Waals surface area contributed by atoms with Crippen LogP contribution in [0.25, 0.3) is 0 Å².